The van der Waals surface area contributed by atoms with Gasteiger partial charge in [0.25, 0.3) is 0 Å². The molecule has 0 fully saturated rings. The third-order valence-corrected chi connectivity index (χ3v) is 2.95. The molecule has 19 heavy (non-hydrogen) atoms. The van der Waals surface area contributed by atoms with Crippen molar-refractivity contribution in [3.63, 3.8) is 0 Å². The lowest BCUT2D eigenvalue weighted by Crippen LogP contribution is -2.23. The number of carbonyl (C=O) groups is 1. The standard InChI is InChI=1S/C14H20ClNO3/c1-16(9-2-4-14(17)18)10-3-11-19-13-7-5-12(15)6-8-13/h5-8H,2-4,9-11H2,1H3,(H,17,18). The fourth-order valence-electron chi connectivity index (χ4n) is 1.67. The first kappa shape index (κ1) is 15.8. The summed E-state index contributed by atoms with van der Waals surface area (Å²) in [6.07, 6.45) is 1.82. The summed E-state index contributed by atoms with van der Waals surface area (Å²) in [4.78, 5) is 12.5. The number of rotatable bonds is 9. The van der Waals surface area contributed by atoms with Crippen molar-refractivity contribution < 1.29 is 14.6 Å². The van der Waals surface area contributed by atoms with Crippen LogP contribution in [0.2, 0.25) is 5.02 Å². The van der Waals surface area contributed by atoms with Crippen LogP contribution in [0, 0.1) is 0 Å². The van der Waals surface area contributed by atoms with Crippen LogP contribution >= 0.6 is 11.6 Å². The minimum absolute atomic E-state index is 0.228. The Kier molecular flexibility index (Phi) is 7.30. The van der Waals surface area contributed by atoms with E-state index in [9.17, 15) is 4.79 Å². The Morgan fingerprint density at radius 3 is 2.53 bits per heavy atom. The zero-order chi connectivity index (χ0) is 14.1. The lowest BCUT2D eigenvalue weighted by Gasteiger charge is -2.16. The average molecular weight is 286 g/mol. The summed E-state index contributed by atoms with van der Waals surface area (Å²) in [7, 11) is 1.99. The second-order valence-corrected chi connectivity index (χ2v) is 4.89. The summed E-state index contributed by atoms with van der Waals surface area (Å²) >= 11 is 5.78. The largest absolute Gasteiger partial charge is 0.494 e. The van der Waals surface area contributed by atoms with E-state index in [2.05, 4.69) is 4.90 Å². The van der Waals surface area contributed by atoms with Gasteiger partial charge < -0.3 is 14.7 Å². The van der Waals surface area contributed by atoms with Gasteiger partial charge in [0.15, 0.2) is 0 Å². The molecule has 0 aromatic heterocycles. The second kappa shape index (κ2) is 8.77. The number of nitrogens with zero attached hydrogens (tertiary/aromatic N) is 1. The summed E-state index contributed by atoms with van der Waals surface area (Å²) in [6.45, 7) is 2.34. The summed E-state index contributed by atoms with van der Waals surface area (Å²) in [5.74, 6) is 0.0809. The van der Waals surface area contributed by atoms with Crippen molar-refractivity contribution in [3.8, 4) is 5.75 Å². The second-order valence-electron chi connectivity index (χ2n) is 4.46. The lowest BCUT2D eigenvalue weighted by atomic mass is 10.3. The maximum absolute atomic E-state index is 10.4. The van der Waals surface area contributed by atoms with Gasteiger partial charge in [0.2, 0.25) is 0 Å². The van der Waals surface area contributed by atoms with Crippen molar-refractivity contribution in [2.75, 3.05) is 26.7 Å². The van der Waals surface area contributed by atoms with Crippen molar-refractivity contribution in [1.82, 2.24) is 4.90 Å². The Bertz CT molecular complexity index is 381. The molecular weight excluding hydrogens is 266 g/mol. The molecule has 0 unspecified atom stereocenters. The molecule has 4 nitrogen and oxygen atoms in total. The summed E-state index contributed by atoms with van der Waals surface area (Å²) < 4.78 is 5.57. The van der Waals surface area contributed by atoms with Crippen LogP contribution in [0.25, 0.3) is 0 Å². The zero-order valence-electron chi connectivity index (χ0n) is 11.1. The highest BCUT2D eigenvalue weighted by molar-refractivity contribution is 6.30. The molecular formula is C14H20ClNO3. The number of aliphatic carboxylic acids is 1. The van der Waals surface area contributed by atoms with E-state index in [1.54, 1.807) is 12.1 Å². The number of benzene rings is 1. The van der Waals surface area contributed by atoms with Crippen LogP contribution in [0.4, 0.5) is 0 Å². The van der Waals surface area contributed by atoms with E-state index >= 15 is 0 Å². The van der Waals surface area contributed by atoms with Gasteiger partial charge in [-0.1, -0.05) is 11.6 Å². The molecule has 106 valence electrons. The fourth-order valence-corrected chi connectivity index (χ4v) is 1.79. The van der Waals surface area contributed by atoms with E-state index in [0.29, 0.717) is 18.1 Å². The van der Waals surface area contributed by atoms with E-state index in [0.717, 1.165) is 25.3 Å². The van der Waals surface area contributed by atoms with Crippen LogP contribution in [0.1, 0.15) is 19.3 Å². The van der Waals surface area contributed by atoms with E-state index in [-0.39, 0.29) is 6.42 Å². The van der Waals surface area contributed by atoms with Gasteiger partial charge in [0.05, 0.1) is 6.61 Å². The quantitative estimate of drug-likeness (QED) is 0.709. The number of ether oxygens (including phenoxy) is 1. The Balaban J connectivity index is 2.06. The molecule has 0 aliphatic carbocycles. The Hall–Kier alpha value is -1.26. The monoisotopic (exact) mass is 285 g/mol. The van der Waals surface area contributed by atoms with E-state index in [1.807, 2.05) is 19.2 Å². The van der Waals surface area contributed by atoms with Crippen LogP contribution < -0.4 is 4.74 Å². The summed E-state index contributed by atoms with van der Waals surface area (Å²) in [6, 6.07) is 7.29. The minimum Gasteiger partial charge on any atom is -0.494 e. The Morgan fingerprint density at radius 1 is 1.26 bits per heavy atom. The maximum atomic E-state index is 10.4. The number of carboxylic acid groups (broad SMARTS) is 1. The van der Waals surface area contributed by atoms with Crippen molar-refractivity contribution in [2.24, 2.45) is 0 Å². The molecule has 0 radical (unpaired) electrons. The molecule has 0 amide bonds. The van der Waals surface area contributed by atoms with Gasteiger partial charge in [0, 0.05) is 18.0 Å². The van der Waals surface area contributed by atoms with Gasteiger partial charge in [-0.15, -0.1) is 0 Å². The predicted octanol–water partition coefficient (Wildman–Crippen LogP) is 2.91. The highest BCUT2D eigenvalue weighted by atomic mass is 35.5. The van der Waals surface area contributed by atoms with Gasteiger partial charge in [0.1, 0.15) is 5.75 Å². The van der Waals surface area contributed by atoms with Crippen molar-refractivity contribution >= 4 is 17.6 Å². The smallest absolute Gasteiger partial charge is 0.303 e. The first-order valence-electron chi connectivity index (χ1n) is 6.36. The van der Waals surface area contributed by atoms with Gasteiger partial charge in [-0.3, -0.25) is 4.79 Å². The van der Waals surface area contributed by atoms with Crippen LogP contribution in [0.3, 0.4) is 0 Å². The number of halogens is 1. The summed E-state index contributed by atoms with van der Waals surface area (Å²) in [5, 5.41) is 9.24. The molecule has 5 heteroatoms. The zero-order valence-corrected chi connectivity index (χ0v) is 11.9. The van der Waals surface area contributed by atoms with Gasteiger partial charge in [-0.2, -0.15) is 0 Å². The van der Waals surface area contributed by atoms with Gasteiger partial charge in [-0.05, 0) is 50.7 Å². The van der Waals surface area contributed by atoms with E-state index in [1.165, 1.54) is 0 Å². The lowest BCUT2D eigenvalue weighted by molar-refractivity contribution is -0.137. The van der Waals surface area contributed by atoms with E-state index in [4.69, 9.17) is 21.4 Å². The molecule has 0 aliphatic heterocycles. The molecule has 0 saturated heterocycles. The maximum Gasteiger partial charge on any atom is 0.303 e. The first-order chi connectivity index (χ1) is 9.08. The topological polar surface area (TPSA) is 49.8 Å². The van der Waals surface area contributed by atoms with Crippen molar-refractivity contribution in [3.05, 3.63) is 29.3 Å². The fraction of sp³-hybridized carbons (Fsp3) is 0.500. The highest BCUT2D eigenvalue weighted by Gasteiger charge is 2.01. The molecule has 1 aromatic carbocycles. The minimum atomic E-state index is -0.737. The molecule has 0 aliphatic rings. The predicted molar refractivity (Wildman–Crippen MR) is 75.9 cm³/mol. The highest BCUT2D eigenvalue weighted by Crippen LogP contribution is 2.15. The number of hydrogen-bond acceptors (Lipinski definition) is 3. The first-order valence-corrected chi connectivity index (χ1v) is 6.74. The summed E-state index contributed by atoms with van der Waals surface area (Å²) in [5.41, 5.74) is 0. The SMILES string of the molecule is CN(CCCOc1ccc(Cl)cc1)CCCC(=O)O. The van der Waals surface area contributed by atoms with Crippen LogP contribution in [0.15, 0.2) is 24.3 Å². The van der Waals surface area contributed by atoms with Crippen molar-refractivity contribution in [1.29, 1.82) is 0 Å². The Morgan fingerprint density at radius 2 is 1.89 bits per heavy atom. The third kappa shape index (κ3) is 7.70. The third-order valence-electron chi connectivity index (χ3n) is 2.70. The molecule has 1 rings (SSSR count). The van der Waals surface area contributed by atoms with Gasteiger partial charge in [-0.25, -0.2) is 0 Å². The van der Waals surface area contributed by atoms with Crippen molar-refractivity contribution in [2.45, 2.75) is 19.3 Å². The molecule has 0 saturated carbocycles. The number of hydrogen-bond donors (Lipinski definition) is 1. The molecule has 0 bridgehead atoms. The average Bonchev–Trinajstić information content (AvgIpc) is 2.36. The number of carboxylic acids is 1. The van der Waals surface area contributed by atoms with Crippen LogP contribution in [-0.4, -0.2) is 42.7 Å². The molecule has 1 aromatic rings. The van der Waals surface area contributed by atoms with E-state index < -0.39 is 5.97 Å². The normalized spacial score (nSPS) is 10.7. The van der Waals surface area contributed by atoms with Crippen LogP contribution in [0.5, 0.6) is 5.75 Å². The molecule has 0 heterocycles. The van der Waals surface area contributed by atoms with Crippen LogP contribution in [-0.2, 0) is 4.79 Å². The van der Waals surface area contributed by atoms with Gasteiger partial charge >= 0.3 is 5.97 Å². The molecule has 1 N–H and O–H groups in total. The molecule has 0 atom stereocenters. The Labute approximate surface area is 118 Å². The molecule has 0 spiro atoms.